The number of piperidine rings is 1. The number of halogens is 2. The normalized spacial score (nSPS) is 20.6. The third-order valence-electron chi connectivity index (χ3n) is 5.06. The molecule has 1 heterocycles. The van der Waals surface area contributed by atoms with E-state index in [9.17, 15) is 4.79 Å². The van der Waals surface area contributed by atoms with Crippen molar-refractivity contribution in [3.05, 3.63) is 34.3 Å². The van der Waals surface area contributed by atoms with Crippen molar-refractivity contribution in [1.29, 1.82) is 0 Å². The van der Waals surface area contributed by atoms with Gasteiger partial charge in [0.25, 0.3) is 0 Å². The summed E-state index contributed by atoms with van der Waals surface area (Å²) < 4.78 is 1.12. The van der Waals surface area contributed by atoms with E-state index in [1.54, 1.807) is 0 Å². The number of benzene rings is 1. The van der Waals surface area contributed by atoms with Gasteiger partial charge in [-0.3, -0.25) is 4.79 Å². The van der Waals surface area contributed by atoms with Crippen LogP contribution >= 0.6 is 28.3 Å². The molecule has 1 saturated carbocycles. The molecule has 3 rings (SSSR count). The Labute approximate surface area is 147 Å². The van der Waals surface area contributed by atoms with E-state index in [1.807, 2.05) is 0 Å². The summed E-state index contributed by atoms with van der Waals surface area (Å²) in [5, 5.41) is 6.54. The van der Waals surface area contributed by atoms with Crippen LogP contribution in [0.25, 0.3) is 0 Å². The van der Waals surface area contributed by atoms with Crippen LogP contribution in [0, 0.1) is 5.92 Å². The van der Waals surface area contributed by atoms with Crippen molar-refractivity contribution >= 4 is 34.2 Å². The van der Waals surface area contributed by atoms with Crippen molar-refractivity contribution in [1.82, 2.24) is 10.6 Å². The Kier molecular flexibility index (Phi) is 6.30. The molecular formula is C17H24BrClN2O. The Morgan fingerprint density at radius 3 is 2.64 bits per heavy atom. The zero-order valence-electron chi connectivity index (χ0n) is 12.7. The summed E-state index contributed by atoms with van der Waals surface area (Å²) in [6.45, 7) is 2.72. The highest BCUT2D eigenvalue weighted by Gasteiger charge is 2.39. The molecule has 122 valence electrons. The number of amides is 1. The fraction of sp³-hybridized carbons (Fsp3) is 0.588. The predicted molar refractivity (Wildman–Crippen MR) is 95.5 cm³/mol. The van der Waals surface area contributed by atoms with Gasteiger partial charge in [0.1, 0.15) is 0 Å². The first kappa shape index (κ1) is 17.8. The Bertz CT molecular complexity index is 513. The highest BCUT2D eigenvalue weighted by atomic mass is 79.9. The van der Waals surface area contributed by atoms with Gasteiger partial charge in [-0.25, -0.2) is 0 Å². The van der Waals surface area contributed by atoms with Crippen LogP contribution in [-0.2, 0) is 10.2 Å². The molecule has 2 N–H and O–H groups in total. The van der Waals surface area contributed by atoms with Crippen molar-refractivity contribution in [2.24, 2.45) is 5.92 Å². The number of nitrogens with one attached hydrogen (secondary N) is 2. The van der Waals surface area contributed by atoms with E-state index in [0.29, 0.717) is 0 Å². The average Bonchev–Trinajstić information content (AvgIpc) is 2.47. The minimum atomic E-state index is 0. The van der Waals surface area contributed by atoms with Crippen molar-refractivity contribution in [3.63, 3.8) is 0 Å². The van der Waals surface area contributed by atoms with Crippen molar-refractivity contribution in [2.75, 3.05) is 19.6 Å². The van der Waals surface area contributed by atoms with Gasteiger partial charge in [-0.05, 0) is 56.5 Å². The van der Waals surface area contributed by atoms with Crippen LogP contribution in [0.5, 0.6) is 0 Å². The molecule has 0 bridgehead atoms. The first-order valence-corrected chi connectivity index (χ1v) is 8.73. The number of carbonyl (C=O) groups is 1. The lowest BCUT2D eigenvalue weighted by molar-refractivity contribution is -0.126. The van der Waals surface area contributed by atoms with Gasteiger partial charge < -0.3 is 10.6 Å². The van der Waals surface area contributed by atoms with Gasteiger partial charge in [0.15, 0.2) is 0 Å². The molecule has 5 heteroatoms. The van der Waals surface area contributed by atoms with Crippen molar-refractivity contribution < 1.29 is 4.79 Å². The topological polar surface area (TPSA) is 41.1 Å². The molecule has 1 saturated heterocycles. The first-order valence-electron chi connectivity index (χ1n) is 7.94. The van der Waals surface area contributed by atoms with E-state index >= 15 is 0 Å². The van der Waals surface area contributed by atoms with Gasteiger partial charge in [0, 0.05) is 22.4 Å². The van der Waals surface area contributed by atoms with E-state index < -0.39 is 0 Å². The maximum atomic E-state index is 12.3. The Morgan fingerprint density at radius 1 is 1.32 bits per heavy atom. The van der Waals surface area contributed by atoms with Crippen LogP contribution in [0.3, 0.4) is 0 Å². The predicted octanol–water partition coefficient (Wildman–Crippen LogP) is 3.41. The third kappa shape index (κ3) is 3.84. The minimum absolute atomic E-state index is 0. The summed E-state index contributed by atoms with van der Waals surface area (Å²) in [4.78, 5) is 12.3. The van der Waals surface area contributed by atoms with Crippen LogP contribution in [0.1, 0.15) is 37.7 Å². The molecule has 1 aromatic rings. The molecule has 1 aliphatic heterocycles. The highest BCUT2D eigenvalue weighted by Crippen LogP contribution is 2.43. The molecular weight excluding hydrogens is 364 g/mol. The quantitative estimate of drug-likeness (QED) is 0.831. The fourth-order valence-electron chi connectivity index (χ4n) is 3.47. The van der Waals surface area contributed by atoms with Crippen LogP contribution in [0.2, 0.25) is 0 Å². The smallest absolute Gasteiger partial charge is 0.223 e. The lowest BCUT2D eigenvalue weighted by atomic mass is 9.64. The zero-order valence-corrected chi connectivity index (χ0v) is 15.1. The minimum Gasteiger partial charge on any atom is -0.355 e. The second kappa shape index (κ2) is 7.80. The summed E-state index contributed by atoms with van der Waals surface area (Å²) in [5.74, 6) is 0.448. The molecule has 1 aromatic carbocycles. The molecule has 0 radical (unpaired) electrons. The molecule has 0 spiro atoms. The first-order chi connectivity index (χ1) is 10.2. The van der Waals surface area contributed by atoms with E-state index in [-0.39, 0.29) is 29.6 Å². The van der Waals surface area contributed by atoms with Crippen LogP contribution in [0.15, 0.2) is 28.7 Å². The fourth-order valence-corrected chi connectivity index (χ4v) is 3.87. The van der Waals surface area contributed by atoms with Gasteiger partial charge in [0.2, 0.25) is 5.91 Å². The number of carbonyl (C=O) groups excluding carboxylic acids is 1. The van der Waals surface area contributed by atoms with Gasteiger partial charge >= 0.3 is 0 Å². The molecule has 2 fully saturated rings. The van der Waals surface area contributed by atoms with E-state index in [1.165, 1.54) is 24.8 Å². The third-order valence-corrected chi connectivity index (χ3v) is 5.55. The number of hydrogen-bond acceptors (Lipinski definition) is 2. The lowest BCUT2D eigenvalue weighted by Gasteiger charge is -2.43. The Hall–Kier alpha value is -0.580. The largest absolute Gasteiger partial charge is 0.355 e. The molecule has 0 aromatic heterocycles. The van der Waals surface area contributed by atoms with Crippen LogP contribution < -0.4 is 10.6 Å². The molecule has 1 aliphatic carbocycles. The second-order valence-corrected chi connectivity index (χ2v) is 7.30. The maximum absolute atomic E-state index is 12.3. The number of rotatable bonds is 4. The van der Waals surface area contributed by atoms with E-state index in [2.05, 4.69) is 50.8 Å². The summed E-state index contributed by atoms with van der Waals surface area (Å²) in [7, 11) is 0. The standard InChI is InChI=1S/C17H23BrN2O.ClH/c18-15-4-1-3-14(11-15)17(7-2-8-17)12-20-16(21)13-5-9-19-10-6-13;/h1,3-4,11,13,19H,2,5-10,12H2,(H,20,21);1H. The van der Waals surface area contributed by atoms with Gasteiger partial charge in [-0.2, -0.15) is 0 Å². The lowest BCUT2D eigenvalue weighted by Crippen LogP contribution is -2.48. The Morgan fingerprint density at radius 2 is 2.05 bits per heavy atom. The van der Waals surface area contributed by atoms with Crippen LogP contribution in [0.4, 0.5) is 0 Å². The van der Waals surface area contributed by atoms with Gasteiger partial charge in [0.05, 0.1) is 0 Å². The summed E-state index contributed by atoms with van der Waals surface area (Å²) in [6, 6.07) is 8.55. The van der Waals surface area contributed by atoms with Crippen molar-refractivity contribution in [2.45, 2.75) is 37.5 Å². The van der Waals surface area contributed by atoms with Crippen LogP contribution in [-0.4, -0.2) is 25.5 Å². The van der Waals surface area contributed by atoms with Gasteiger partial charge in [-0.1, -0.05) is 34.5 Å². The monoisotopic (exact) mass is 386 g/mol. The zero-order chi connectivity index (χ0) is 14.7. The highest BCUT2D eigenvalue weighted by molar-refractivity contribution is 9.10. The molecule has 0 unspecified atom stereocenters. The van der Waals surface area contributed by atoms with Crippen molar-refractivity contribution in [3.8, 4) is 0 Å². The average molecular weight is 388 g/mol. The molecule has 22 heavy (non-hydrogen) atoms. The molecule has 0 atom stereocenters. The maximum Gasteiger partial charge on any atom is 0.223 e. The molecule has 2 aliphatic rings. The van der Waals surface area contributed by atoms with E-state index in [0.717, 1.165) is 36.9 Å². The molecule has 1 amide bonds. The summed E-state index contributed by atoms with van der Waals surface area (Å²) >= 11 is 3.56. The summed E-state index contributed by atoms with van der Waals surface area (Å²) in [6.07, 6.45) is 5.55. The second-order valence-electron chi connectivity index (χ2n) is 6.39. The number of hydrogen-bond donors (Lipinski definition) is 2. The van der Waals surface area contributed by atoms with E-state index in [4.69, 9.17) is 0 Å². The SMILES string of the molecule is Cl.O=C(NCC1(c2cccc(Br)c2)CCC1)C1CCNCC1. The summed E-state index contributed by atoms with van der Waals surface area (Å²) in [5.41, 5.74) is 1.51. The Balaban J connectivity index is 0.00000176. The van der Waals surface area contributed by atoms with Gasteiger partial charge in [-0.15, -0.1) is 12.4 Å². The molecule has 3 nitrogen and oxygen atoms in total.